The average molecular weight is 275 g/mol. The van der Waals surface area contributed by atoms with Gasteiger partial charge >= 0.3 is 5.97 Å². The Hall–Kier alpha value is -1.18. The van der Waals surface area contributed by atoms with Gasteiger partial charge in [0.25, 0.3) is 5.91 Å². The van der Waals surface area contributed by atoms with Crippen LogP contribution in [-0.2, 0) is 23.8 Å². The molecule has 1 atom stereocenters. The van der Waals surface area contributed by atoms with Crippen molar-refractivity contribution in [3.05, 3.63) is 0 Å². The van der Waals surface area contributed by atoms with Gasteiger partial charge in [-0.1, -0.05) is 0 Å². The highest BCUT2D eigenvalue weighted by Crippen LogP contribution is 2.17. The molecule has 0 aromatic heterocycles. The molecule has 1 fully saturated rings. The summed E-state index contributed by atoms with van der Waals surface area (Å²) in [6.45, 7) is 3.08. The van der Waals surface area contributed by atoms with Gasteiger partial charge in [-0.25, -0.2) is 5.06 Å². The van der Waals surface area contributed by atoms with Crippen molar-refractivity contribution in [2.24, 2.45) is 5.92 Å². The number of hydroxylamine groups is 2. The molecule has 0 aliphatic carbocycles. The van der Waals surface area contributed by atoms with E-state index in [1.165, 1.54) is 7.05 Å². The van der Waals surface area contributed by atoms with Crippen LogP contribution in [0.4, 0.5) is 0 Å². The minimum Gasteiger partial charge on any atom is -0.465 e. The first kappa shape index (κ1) is 15.9. The molecule has 0 aromatic carbocycles. The SMILES string of the molecule is CCOC(=O)C(CCC1OCCCO1)C(=O)N(C)O. The lowest BCUT2D eigenvalue weighted by atomic mass is 10.0. The second kappa shape index (κ2) is 8.08. The minimum atomic E-state index is -1.02. The van der Waals surface area contributed by atoms with E-state index in [0.717, 1.165) is 6.42 Å². The number of amides is 1. The highest BCUT2D eigenvalue weighted by atomic mass is 16.7. The maximum atomic E-state index is 11.7. The molecule has 0 radical (unpaired) electrons. The maximum Gasteiger partial charge on any atom is 0.318 e. The molecule has 19 heavy (non-hydrogen) atoms. The monoisotopic (exact) mass is 275 g/mol. The van der Waals surface area contributed by atoms with Crippen LogP contribution < -0.4 is 0 Å². The van der Waals surface area contributed by atoms with Crippen molar-refractivity contribution in [3.8, 4) is 0 Å². The predicted octanol–water partition coefficient (Wildman–Crippen LogP) is 0.556. The molecule has 1 heterocycles. The first-order valence-corrected chi connectivity index (χ1v) is 6.42. The number of hydrogen-bond acceptors (Lipinski definition) is 6. The molecule has 110 valence electrons. The Kier molecular flexibility index (Phi) is 6.75. The van der Waals surface area contributed by atoms with E-state index in [9.17, 15) is 9.59 Å². The van der Waals surface area contributed by atoms with Gasteiger partial charge in [0.2, 0.25) is 0 Å². The van der Waals surface area contributed by atoms with E-state index in [-0.39, 0.29) is 13.0 Å². The van der Waals surface area contributed by atoms with Crippen LogP contribution in [0.25, 0.3) is 0 Å². The zero-order valence-electron chi connectivity index (χ0n) is 11.3. The van der Waals surface area contributed by atoms with Crippen LogP contribution in [0.5, 0.6) is 0 Å². The molecule has 1 amide bonds. The van der Waals surface area contributed by atoms with Crippen LogP contribution in [0.15, 0.2) is 0 Å². The van der Waals surface area contributed by atoms with E-state index in [0.29, 0.717) is 24.7 Å². The fraction of sp³-hybridized carbons (Fsp3) is 0.833. The molecule has 1 rings (SSSR count). The fourth-order valence-electron chi connectivity index (χ4n) is 1.82. The number of nitrogens with zero attached hydrogens (tertiary/aromatic N) is 1. The number of hydrogen-bond donors (Lipinski definition) is 1. The Morgan fingerprint density at radius 3 is 2.58 bits per heavy atom. The highest BCUT2D eigenvalue weighted by Gasteiger charge is 2.31. The van der Waals surface area contributed by atoms with Crippen molar-refractivity contribution in [3.63, 3.8) is 0 Å². The molecule has 7 heteroatoms. The largest absolute Gasteiger partial charge is 0.465 e. The summed E-state index contributed by atoms with van der Waals surface area (Å²) in [6.07, 6.45) is 1.06. The number of esters is 1. The van der Waals surface area contributed by atoms with E-state index < -0.39 is 24.1 Å². The molecule has 1 aliphatic heterocycles. The molecule has 0 saturated carbocycles. The zero-order valence-corrected chi connectivity index (χ0v) is 11.3. The molecule has 0 aromatic rings. The topological polar surface area (TPSA) is 85.3 Å². The van der Waals surface area contributed by atoms with E-state index in [4.69, 9.17) is 19.4 Å². The lowest BCUT2D eigenvalue weighted by molar-refractivity contribution is -0.187. The normalized spacial score (nSPS) is 17.8. The lowest BCUT2D eigenvalue weighted by Crippen LogP contribution is -2.37. The van der Waals surface area contributed by atoms with Gasteiger partial charge in [0.1, 0.15) is 5.92 Å². The van der Waals surface area contributed by atoms with Crippen LogP contribution in [0, 0.1) is 5.92 Å². The molecule has 0 spiro atoms. The van der Waals surface area contributed by atoms with Crippen LogP contribution in [0.3, 0.4) is 0 Å². The maximum absolute atomic E-state index is 11.7. The summed E-state index contributed by atoms with van der Waals surface area (Å²) in [7, 11) is 1.18. The van der Waals surface area contributed by atoms with Gasteiger partial charge in [-0.3, -0.25) is 14.8 Å². The zero-order chi connectivity index (χ0) is 14.3. The summed E-state index contributed by atoms with van der Waals surface area (Å²) < 4.78 is 15.5. The van der Waals surface area contributed by atoms with Crippen molar-refractivity contribution in [2.45, 2.75) is 32.5 Å². The van der Waals surface area contributed by atoms with Crippen LogP contribution >= 0.6 is 0 Å². The molecule has 1 saturated heterocycles. The third-order valence-electron chi connectivity index (χ3n) is 2.78. The number of carbonyl (C=O) groups is 2. The van der Waals surface area contributed by atoms with Gasteiger partial charge in [0.15, 0.2) is 6.29 Å². The Balaban J connectivity index is 2.52. The van der Waals surface area contributed by atoms with E-state index in [1.54, 1.807) is 6.92 Å². The minimum absolute atomic E-state index is 0.189. The Bertz CT molecular complexity index is 301. The number of rotatable bonds is 6. The number of ether oxygens (including phenoxy) is 3. The third-order valence-corrected chi connectivity index (χ3v) is 2.78. The quantitative estimate of drug-likeness (QED) is 0.330. The lowest BCUT2D eigenvalue weighted by Gasteiger charge is -2.25. The standard InChI is InChI=1S/C12H21NO6/c1-3-17-12(15)9(11(14)13(2)16)5-6-10-18-7-4-8-19-10/h9-10,16H,3-8H2,1-2H3. The van der Waals surface area contributed by atoms with Crippen molar-refractivity contribution in [1.82, 2.24) is 5.06 Å². The van der Waals surface area contributed by atoms with Crippen molar-refractivity contribution < 1.29 is 29.0 Å². The summed E-state index contributed by atoms with van der Waals surface area (Å²) in [6, 6.07) is 0. The van der Waals surface area contributed by atoms with E-state index in [2.05, 4.69) is 0 Å². The van der Waals surface area contributed by atoms with Crippen LogP contribution in [0.1, 0.15) is 26.2 Å². The molecular formula is C12H21NO6. The summed E-state index contributed by atoms with van der Waals surface area (Å²) in [5.41, 5.74) is 0. The third kappa shape index (κ3) is 5.14. The van der Waals surface area contributed by atoms with Crippen LogP contribution in [-0.4, -0.2) is 55.3 Å². The summed E-state index contributed by atoms with van der Waals surface area (Å²) in [5.74, 6) is -2.34. The van der Waals surface area contributed by atoms with Gasteiger partial charge in [0, 0.05) is 7.05 Å². The first-order chi connectivity index (χ1) is 9.06. The Morgan fingerprint density at radius 2 is 2.05 bits per heavy atom. The average Bonchev–Trinajstić information content (AvgIpc) is 2.40. The summed E-state index contributed by atoms with van der Waals surface area (Å²) in [5, 5.41) is 9.57. The van der Waals surface area contributed by atoms with Crippen LogP contribution in [0.2, 0.25) is 0 Å². The molecule has 1 N–H and O–H groups in total. The van der Waals surface area contributed by atoms with E-state index in [1.807, 2.05) is 0 Å². The number of carbonyl (C=O) groups excluding carboxylic acids is 2. The second-order valence-electron chi connectivity index (χ2n) is 4.27. The van der Waals surface area contributed by atoms with Gasteiger partial charge in [0.05, 0.1) is 19.8 Å². The first-order valence-electron chi connectivity index (χ1n) is 6.42. The van der Waals surface area contributed by atoms with Crippen molar-refractivity contribution >= 4 is 11.9 Å². The molecule has 0 bridgehead atoms. The van der Waals surface area contributed by atoms with Crippen molar-refractivity contribution in [2.75, 3.05) is 26.9 Å². The van der Waals surface area contributed by atoms with Gasteiger partial charge in [-0.05, 0) is 26.2 Å². The van der Waals surface area contributed by atoms with Gasteiger partial charge in [-0.2, -0.15) is 0 Å². The smallest absolute Gasteiger partial charge is 0.318 e. The second-order valence-corrected chi connectivity index (χ2v) is 4.27. The van der Waals surface area contributed by atoms with Gasteiger partial charge < -0.3 is 14.2 Å². The van der Waals surface area contributed by atoms with E-state index >= 15 is 0 Å². The molecule has 1 aliphatic rings. The summed E-state index contributed by atoms with van der Waals surface area (Å²) >= 11 is 0. The Labute approximate surface area is 112 Å². The molecular weight excluding hydrogens is 254 g/mol. The highest BCUT2D eigenvalue weighted by molar-refractivity contribution is 5.97. The predicted molar refractivity (Wildman–Crippen MR) is 64.2 cm³/mol. The summed E-state index contributed by atoms with van der Waals surface area (Å²) in [4.78, 5) is 23.4. The molecule has 1 unspecified atom stereocenters. The van der Waals surface area contributed by atoms with Crippen molar-refractivity contribution in [1.29, 1.82) is 0 Å². The van der Waals surface area contributed by atoms with Gasteiger partial charge in [-0.15, -0.1) is 0 Å². The Morgan fingerprint density at radius 1 is 1.42 bits per heavy atom. The fourth-order valence-corrected chi connectivity index (χ4v) is 1.82. The molecule has 7 nitrogen and oxygen atoms in total.